The Balaban J connectivity index is 1.80. The Labute approximate surface area is 123 Å². The van der Waals surface area contributed by atoms with E-state index in [1.54, 1.807) is 24.3 Å². The van der Waals surface area contributed by atoms with Crippen molar-refractivity contribution in [3.8, 4) is 0 Å². The highest BCUT2D eigenvalue weighted by molar-refractivity contribution is 5.99. The van der Waals surface area contributed by atoms with Crippen LogP contribution in [0.25, 0.3) is 0 Å². The molecule has 4 N–H and O–H groups in total. The second-order valence-electron chi connectivity index (χ2n) is 4.77. The van der Waals surface area contributed by atoms with Crippen molar-refractivity contribution in [1.29, 1.82) is 0 Å². The number of ether oxygens (including phenoxy) is 1. The van der Waals surface area contributed by atoms with E-state index >= 15 is 0 Å². The van der Waals surface area contributed by atoms with Crippen molar-refractivity contribution in [3.63, 3.8) is 0 Å². The molecule has 0 radical (unpaired) electrons. The minimum absolute atomic E-state index is 0.0225. The summed E-state index contributed by atoms with van der Waals surface area (Å²) < 4.78 is 5.27. The first-order chi connectivity index (χ1) is 10.2. The zero-order chi connectivity index (χ0) is 15.1. The first-order valence-electron chi connectivity index (χ1n) is 6.87. The number of hydrogen-bond acceptors (Lipinski definition) is 5. The average Bonchev–Trinajstić information content (AvgIpc) is 2.55. The second kappa shape index (κ2) is 7.61. The minimum atomic E-state index is -0.130. The SMILES string of the molecule is N/C(=N\O)c1ccc(C(=O)NCCN2CCOCC2)cc1. The molecule has 1 saturated heterocycles. The van der Waals surface area contributed by atoms with E-state index in [4.69, 9.17) is 15.7 Å². The van der Waals surface area contributed by atoms with E-state index in [0.29, 0.717) is 17.7 Å². The van der Waals surface area contributed by atoms with Gasteiger partial charge in [0.2, 0.25) is 0 Å². The molecule has 0 spiro atoms. The van der Waals surface area contributed by atoms with Crippen LogP contribution < -0.4 is 11.1 Å². The van der Waals surface area contributed by atoms with Crippen molar-refractivity contribution in [3.05, 3.63) is 35.4 Å². The second-order valence-corrected chi connectivity index (χ2v) is 4.77. The molecule has 1 amide bonds. The summed E-state index contributed by atoms with van der Waals surface area (Å²) in [5, 5.41) is 14.4. The van der Waals surface area contributed by atoms with Gasteiger partial charge < -0.3 is 21.0 Å². The lowest BCUT2D eigenvalue weighted by Gasteiger charge is -2.26. The minimum Gasteiger partial charge on any atom is -0.409 e. The fourth-order valence-electron chi connectivity index (χ4n) is 2.10. The van der Waals surface area contributed by atoms with Gasteiger partial charge in [-0.3, -0.25) is 9.69 Å². The van der Waals surface area contributed by atoms with Gasteiger partial charge in [0, 0.05) is 37.3 Å². The van der Waals surface area contributed by atoms with Gasteiger partial charge in [0.05, 0.1) is 13.2 Å². The van der Waals surface area contributed by atoms with Crippen LogP contribution in [0.3, 0.4) is 0 Å². The molecule has 1 aliphatic rings. The van der Waals surface area contributed by atoms with Gasteiger partial charge in [0.25, 0.3) is 5.91 Å². The lowest BCUT2D eigenvalue weighted by molar-refractivity contribution is 0.0383. The molecule has 2 rings (SSSR count). The number of carbonyl (C=O) groups is 1. The number of nitrogens with two attached hydrogens (primary N) is 1. The largest absolute Gasteiger partial charge is 0.409 e. The maximum atomic E-state index is 12.0. The van der Waals surface area contributed by atoms with E-state index in [-0.39, 0.29) is 11.7 Å². The molecule has 114 valence electrons. The number of hydrogen-bond donors (Lipinski definition) is 3. The van der Waals surface area contributed by atoms with Crippen molar-refractivity contribution >= 4 is 11.7 Å². The molecule has 1 heterocycles. The highest BCUT2D eigenvalue weighted by atomic mass is 16.5. The van der Waals surface area contributed by atoms with Gasteiger partial charge >= 0.3 is 0 Å². The lowest BCUT2D eigenvalue weighted by Crippen LogP contribution is -2.41. The van der Waals surface area contributed by atoms with E-state index in [0.717, 1.165) is 32.8 Å². The van der Waals surface area contributed by atoms with Crippen molar-refractivity contribution in [2.24, 2.45) is 10.9 Å². The standard InChI is InChI=1S/C14H20N4O3/c15-13(17-20)11-1-3-12(4-2-11)14(19)16-5-6-18-7-9-21-10-8-18/h1-4,20H,5-10H2,(H2,15,17)(H,16,19). The molecular weight excluding hydrogens is 272 g/mol. The molecule has 1 aliphatic heterocycles. The van der Waals surface area contributed by atoms with E-state index < -0.39 is 0 Å². The molecule has 0 saturated carbocycles. The molecule has 1 aromatic carbocycles. The number of amides is 1. The third-order valence-electron chi connectivity index (χ3n) is 3.37. The summed E-state index contributed by atoms with van der Waals surface area (Å²) in [6.45, 7) is 4.74. The van der Waals surface area contributed by atoms with Gasteiger partial charge in [-0.05, 0) is 12.1 Å². The van der Waals surface area contributed by atoms with Crippen molar-refractivity contribution in [1.82, 2.24) is 10.2 Å². The zero-order valence-corrected chi connectivity index (χ0v) is 11.8. The number of benzene rings is 1. The Morgan fingerprint density at radius 1 is 1.29 bits per heavy atom. The number of oxime groups is 1. The van der Waals surface area contributed by atoms with Crippen LogP contribution in [-0.4, -0.2) is 61.2 Å². The number of carbonyl (C=O) groups excluding carboxylic acids is 1. The van der Waals surface area contributed by atoms with Gasteiger partial charge in [-0.2, -0.15) is 0 Å². The normalized spacial score (nSPS) is 16.7. The van der Waals surface area contributed by atoms with Crippen molar-refractivity contribution in [2.75, 3.05) is 39.4 Å². The van der Waals surface area contributed by atoms with Crippen LogP contribution in [0.4, 0.5) is 0 Å². The molecule has 7 nitrogen and oxygen atoms in total. The first-order valence-corrected chi connectivity index (χ1v) is 6.87. The summed E-state index contributed by atoms with van der Waals surface area (Å²) in [5.41, 5.74) is 6.59. The topological polar surface area (TPSA) is 100 Å². The molecule has 0 aromatic heterocycles. The number of amidine groups is 1. The van der Waals surface area contributed by atoms with Gasteiger partial charge in [-0.15, -0.1) is 0 Å². The van der Waals surface area contributed by atoms with Crippen LogP contribution in [0, 0.1) is 0 Å². The molecule has 0 unspecified atom stereocenters. The van der Waals surface area contributed by atoms with Gasteiger partial charge in [0.15, 0.2) is 5.84 Å². The summed E-state index contributed by atoms with van der Waals surface area (Å²) in [6, 6.07) is 6.59. The van der Waals surface area contributed by atoms with E-state index in [1.807, 2.05) is 0 Å². The number of nitrogens with zero attached hydrogens (tertiary/aromatic N) is 2. The first kappa shape index (κ1) is 15.3. The Bertz CT molecular complexity index is 495. The highest BCUT2D eigenvalue weighted by Crippen LogP contribution is 2.04. The molecule has 7 heteroatoms. The summed E-state index contributed by atoms with van der Waals surface area (Å²) in [4.78, 5) is 14.2. The summed E-state index contributed by atoms with van der Waals surface area (Å²) >= 11 is 0. The predicted octanol–water partition coefficient (Wildman–Crippen LogP) is -0.157. The van der Waals surface area contributed by atoms with E-state index in [2.05, 4.69) is 15.4 Å². The van der Waals surface area contributed by atoms with Gasteiger partial charge in [-0.25, -0.2) is 0 Å². The number of nitrogens with one attached hydrogen (secondary N) is 1. The molecule has 21 heavy (non-hydrogen) atoms. The maximum Gasteiger partial charge on any atom is 0.251 e. The monoisotopic (exact) mass is 292 g/mol. The van der Waals surface area contributed by atoms with Crippen LogP contribution >= 0.6 is 0 Å². The fourth-order valence-corrected chi connectivity index (χ4v) is 2.10. The lowest BCUT2D eigenvalue weighted by atomic mass is 10.1. The fraction of sp³-hybridized carbons (Fsp3) is 0.429. The molecule has 0 atom stereocenters. The van der Waals surface area contributed by atoms with Crippen molar-refractivity contribution in [2.45, 2.75) is 0 Å². The Kier molecular flexibility index (Phi) is 5.53. The maximum absolute atomic E-state index is 12.0. The van der Waals surface area contributed by atoms with Crippen LogP contribution in [0.15, 0.2) is 29.4 Å². The molecule has 1 aromatic rings. The average molecular weight is 292 g/mol. The van der Waals surface area contributed by atoms with Crippen LogP contribution in [-0.2, 0) is 4.74 Å². The number of morpholine rings is 1. The zero-order valence-electron chi connectivity index (χ0n) is 11.8. The van der Waals surface area contributed by atoms with Crippen LogP contribution in [0.5, 0.6) is 0 Å². The van der Waals surface area contributed by atoms with Gasteiger partial charge in [0.1, 0.15) is 0 Å². The number of rotatable bonds is 5. The van der Waals surface area contributed by atoms with Crippen molar-refractivity contribution < 1.29 is 14.7 Å². The third kappa shape index (κ3) is 4.44. The molecule has 0 bridgehead atoms. The quantitative estimate of drug-likeness (QED) is 0.303. The van der Waals surface area contributed by atoms with E-state index in [1.165, 1.54) is 0 Å². The summed E-state index contributed by atoms with van der Waals surface area (Å²) in [7, 11) is 0. The smallest absolute Gasteiger partial charge is 0.251 e. The van der Waals surface area contributed by atoms with Crippen LogP contribution in [0.1, 0.15) is 15.9 Å². The van der Waals surface area contributed by atoms with E-state index in [9.17, 15) is 4.79 Å². The Hall–Kier alpha value is -2.12. The Morgan fingerprint density at radius 3 is 2.52 bits per heavy atom. The predicted molar refractivity (Wildman–Crippen MR) is 78.5 cm³/mol. The summed E-state index contributed by atoms with van der Waals surface area (Å²) in [6.07, 6.45) is 0. The third-order valence-corrected chi connectivity index (χ3v) is 3.37. The van der Waals surface area contributed by atoms with Gasteiger partial charge in [-0.1, -0.05) is 17.3 Å². The Morgan fingerprint density at radius 2 is 1.90 bits per heavy atom. The summed E-state index contributed by atoms with van der Waals surface area (Å²) in [5.74, 6) is -0.108. The molecule has 1 fully saturated rings. The molecule has 0 aliphatic carbocycles. The highest BCUT2D eigenvalue weighted by Gasteiger charge is 2.11. The molecular formula is C14H20N4O3. The van der Waals surface area contributed by atoms with Crippen LogP contribution in [0.2, 0.25) is 0 Å².